The zero-order valence-electron chi connectivity index (χ0n) is 24.9. The van der Waals surface area contributed by atoms with E-state index in [9.17, 15) is 36.9 Å². The lowest BCUT2D eigenvalue weighted by Gasteiger charge is -2.31. The number of alkyl carbamates (subject to hydrolysis) is 1. The highest BCUT2D eigenvalue weighted by Gasteiger charge is 2.46. The Kier molecular flexibility index (Phi) is 11.7. The molecule has 2 aromatic carbocycles. The summed E-state index contributed by atoms with van der Waals surface area (Å²) in [6, 6.07) is 7.72. The highest BCUT2D eigenvalue weighted by Crippen LogP contribution is 2.43. The molecule has 0 bridgehead atoms. The molecule has 5 N–H and O–H groups in total. The number of hydrogen-bond donors (Lipinski definition) is 5. The summed E-state index contributed by atoms with van der Waals surface area (Å²) in [5.41, 5.74) is -3.34. The van der Waals surface area contributed by atoms with Crippen LogP contribution in [0.5, 0.6) is 0 Å². The maximum absolute atomic E-state index is 15.8. The molecule has 1 heterocycles. The number of ether oxygens (including phenoxy) is 1. The summed E-state index contributed by atoms with van der Waals surface area (Å²) in [5.74, 6) is -7.05. The van der Waals surface area contributed by atoms with Crippen molar-refractivity contribution in [3.05, 3.63) is 71.5 Å². The molecule has 1 unspecified atom stereocenters. The number of amides is 3. The predicted molar refractivity (Wildman–Crippen MR) is 159 cm³/mol. The molecule has 252 valence electrons. The second kappa shape index (κ2) is 15.3. The van der Waals surface area contributed by atoms with E-state index in [0.717, 1.165) is 37.5 Å². The van der Waals surface area contributed by atoms with Gasteiger partial charge in [0.2, 0.25) is 17.3 Å². The first-order valence-corrected chi connectivity index (χ1v) is 16.6. The number of halogens is 3. The summed E-state index contributed by atoms with van der Waals surface area (Å²) in [7, 11) is -5.09. The number of carbonyl (C=O) groups excluding carboxylic acids is 3. The molecule has 0 aromatic heterocycles. The lowest BCUT2D eigenvalue weighted by Crippen LogP contribution is -2.55. The van der Waals surface area contributed by atoms with Crippen molar-refractivity contribution >= 4 is 28.0 Å². The molecule has 2 fully saturated rings. The molecule has 0 spiro atoms. The van der Waals surface area contributed by atoms with Gasteiger partial charge in [-0.15, -0.1) is 0 Å². The Bertz CT molecular complexity index is 1470. The van der Waals surface area contributed by atoms with Crippen LogP contribution < -0.4 is 16.0 Å². The highest BCUT2D eigenvalue weighted by molar-refractivity contribution is 7.86. The summed E-state index contributed by atoms with van der Waals surface area (Å²) in [6.07, 6.45) is 0.481. The Morgan fingerprint density at radius 1 is 1.00 bits per heavy atom. The third-order valence-electron chi connectivity index (χ3n) is 8.45. The van der Waals surface area contributed by atoms with Crippen molar-refractivity contribution < 1.29 is 50.4 Å². The minimum absolute atomic E-state index is 0.0375. The van der Waals surface area contributed by atoms with Gasteiger partial charge < -0.3 is 25.8 Å². The number of aliphatic hydroxyl groups excluding tert-OH is 1. The number of benzene rings is 2. The van der Waals surface area contributed by atoms with Crippen LogP contribution in [0.15, 0.2) is 54.6 Å². The molecule has 2 aliphatic rings. The molecule has 1 aliphatic heterocycles. The van der Waals surface area contributed by atoms with E-state index in [0.29, 0.717) is 31.9 Å². The quantitative estimate of drug-likeness (QED) is 0.200. The standard InChI is InChI=1S/C31H38F3N3O8S/c32-23-13-7-12-22(18-23)31(33,34)26(20-10-5-2-6-11-20)45-30(41)37-24(16-19-8-3-1-4-9-19)28(39)36-25(29(40)46(42,43)44)17-21-14-15-35-27(21)38/h2,5-7,10-13,18-19,21,24-26,29,40H,1,3-4,8-9,14-17H2,(H,35,38)(H,36,39)(H,37,41)(H,42,43,44)/t21-,24-,25-,26+,29?/m0/s1. The Labute approximate surface area is 265 Å². The monoisotopic (exact) mass is 669 g/mol. The van der Waals surface area contributed by atoms with Crippen molar-refractivity contribution in [1.29, 1.82) is 0 Å². The van der Waals surface area contributed by atoms with Crippen LogP contribution in [0.25, 0.3) is 0 Å². The molecule has 11 nitrogen and oxygen atoms in total. The number of hydrogen-bond acceptors (Lipinski definition) is 7. The van der Waals surface area contributed by atoms with E-state index in [4.69, 9.17) is 4.74 Å². The minimum Gasteiger partial charge on any atom is -0.434 e. The van der Waals surface area contributed by atoms with E-state index in [-0.39, 0.29) is 24.3 Å². The normalized spacial score (nSPS) is 20.2. The first-order valence-electron chi connectivity index (χ1n) is 15.1. The summed E-state index contributed by atoms with van der Waals surface area (Å²) in [4.78, 5) is 39.0. The first kappa shape index (κ1) is 35.2. The lowest BCUT2D eigenvalue weighted by atomic mass is 9.84. The molecule has 1 saturated heterocycles. The number of nitrogens with one attached hydrogen (secondary N) is 3. The average Bonchev–Trinajstić information content (AvgIpc) is 3.43. The number of carbonyl (C=O) groups is 3. The number of aliphatic hydroxyl groups is 1. The first-order chi connectivity index (χ1) is 21.8. The largest absolute Gasteiger partial charge is 0.434 e. The Morgan fingerprint density at radius 2 is 1.70 bits per heavy atom. The summed E-state index contributed by atoms with van der Waals surface area (Å²) < 4.78 is 84.0. The van der Waals surface area contributed by atoms with Gasteiger partial charge in [0, 0.05) is 18.0 Å². The number of rotatable bonds is 13. The zero-order valence-corrected chi connectivity index (χ0v) is 25.7. The van der Waals surface area contributed by atoms with Gasteiger partial charge in [-0.05, 0) is 42.9 Å². The Morgan fingerprint density at radius 3 is 2.30 bits per heavy atom. The maximum Gasteiger partial charge on any atom is 0.408 e. The summed E-state index contributed by atoms with van der Waals surface area (Å²) in [5, 5.41) is 17.6. The zero-order chi connectivity index (χ0) is 33.5. The Hall–Kier alpha value is -3.69. The van der Waals surface area contributed by atoms with Crippen molar-refractivity contribution in [2.24, 2.45) is 11.8 Å². The molecule has 3 amide bonds. The fourth-order valence-electron chi connectivity index (χ4n) is 6.01. The Balaban J connectivity index is 1.58. The highest BCUT2D eigenvalue weighted by atomic mass is 32.2. The second-order valence-corrected chi connectivity index (χ2v) is 13.3. The number of alkyl halides is 2. The van der Waals surface area contributed by atoms with Crippen LogP contribution in [0.2, 0.25) is 0 Å². The van der Waals surface area contributed by atoms with E-state index in [1.54, 1.807) is 6.07 Å². The van der Waals surface area contributed by atoms with Crippen LogP contribution >= 0.6 is 0 Å². The van der Waals surface area contributed by atoms with Gasteiger partial charge in [-0.2, -0.15) is 17.2 Å². The maximum atomic E-state index is 15.8. The summed E-state index contributed by atoms with van der Waals surface area (Å²) in [6.45, 7) is 0.298. The SMILES string of the molecule is O=C(N[C@@H](CC1CCCCC1)C(=O)N[C@@H](C[C@@H]1CCNC1=O)C(O)S(=O)(=O)O)O[C@H](c1ccccc1)C(F)(F)c1cccc(F)c1. The van der Waals surface area contributed by atoms with E-state index in [2.05, 4.69) is 16.0 Å². The molecule has 2 aromatic rings. The van der Waals surface area contributed by atoms with E-state index < -0.39 is 74.9 Å². The third-order valence-corrected chi connectivity index (χ3v) is 9.39. The summed E-state index contributed by atoms with van der Waals surface area (Å²) >= 11 is 0. The average molecular weight is 670 g/mol. The second-order valence-electron chi connectivity index (χ2n) is 11.8. The van der Waals surface area contributed by atoms with Gasteiger partial charge in [0.05, 0.1) is 6.04 Å². The molecule has 46 heavy (non-hydrogen) atoms. The van der Waals surface area contributed by atoms with Crippen molar-refractivity contribution in [1.82, 2.24) is 16.0 Å². The van der Waals surface area contributed by atoms with Crippen LogP contribution in [-0.4, -0.2) is 60.0 Å². The molecule has 0 radical (unpaired) electrons. The van der Waals surface area contributed by atoms with E-state index in [1.165, 1.54) is 24.3 Å². The van der Waals surface area contributed by atoms with Crippen molar-refractivity contribution in [2.45, 2.75) is 80.9 Å². The van der Waals surface area contributed by atoms with Crippen molar-refractivity contribution in [2.75, 3.05) is 6.54 Å². The topological polar surface area (TPSA) is 171 Å². The van der Waals surface area contributed by atoms with Gasteiger partial charge in [-0.25, -0.2) is 9.18 Å². The van der Waals surface area contributed by atoms with Gasteiger partial charge >= 0.3 is 12.0 Å². The lowest BCUT2D eigenvalue weighted by molar-refractivity contribution is -0.128. The molecular weight excluding hydrogens is 631 g/mol. The van der Waals surface area contributed by atoms with Gasteiger partial charge in [-0.1, -0.05) is 74.6 Å². The molecule has 15 heteroatoms. The predicted octanol–water partition coefficient (Wildman–Crippen LogP) is 3.94. The van der Waals surface area contributed by atoms with Gasteiger partial charge in [-0.3, -0.25) is 14.1 Å². The van der Waals surface area contributed by atoms with Crippen LogP contribution in [0, 0.1) is 17.7 Å². The van der Waals surface area contributed by atoms with E-state index in [1.807, 2.05) is 0 Å². The molecule has 4 rings (SSSR count). The van der Waals surface area contributed by atoms with Crippen molar-refractivity contribution in [3.63, 3.8) is 0 Å². The smallest absolute Gasteiger partial charge is 0.408 e. The minimum atomic E-state index is -5.09. The molecular formula is C31H38F3N3O8S. The van der Waals surface area contributed by atoms with Gasteiger partial charge in [0.25, 0.3) is 10.1 Å². The van der Waals surface area contributed by atoms with Crippen LogP contribution in [-0.2, 0) is 30.4 Å². The van der Waals surface area contributed by atoms with Crippen LogP contribution in [0.4, 0.5) is 18.0 Å². The van der Waals surface area contributed by atoms with Crippen LogP contribution in [0.3, 0.4) is 0 Å². The van der Waals surface area contributed by atoms with Gasteiger partial charge in [0.1, 0.15) is 11.9 Å². The van der Waals surface area contributed by atoms with Crippen LogP contribution in [0.1, 0.15) is 68.6 Å². The van der Waals surface area contributed by atoms with Crippen molar-refractivity contribution in [3.8, 4) is 0 Å². The van der Waals surface area contributed by atoms with Gasteiger partial charge in [0.15, 0.2) is 6.10 Å². The molecule has 5 atom stereocenters. The molecule has 1 aliphatic carbocycles. The van der Waals surface area contributed by atoms with E-state index >= 15 is 8.78 Å². The fourth-order valence-corrected chi connectivity index (χ4v) is 6.61. The molecule has 1 saturated carbocycles. The third kappa shape index (κ3) is 9.19. The fraction of sp³-hybridized carbons (Fsp3) is 0.516.